The predicted octanol–water partition coefficient (Wildman–Crippen LogP) is 3.78. The summed E-state index contributed by atoms with van der Waals surface area (Å²) in [6.07, 6.45) is 0. The molecular weight excluding hydrogens is 257 g/mol. The van der Waals surface area contributed by atoms with Crippen LogP contribution in [0, 0.1) is 24.4 Å². The maximum atomic E-state index is 13.8. The molecule has 19 heavy (non-hydrogen) atoms. The van der Waals surface area contributed by atoms with E-state index < -0.39 is 29.0 Å². The van der Waals surface area contributed by atoms with Crippen molar-refractivity contribution in [2.75, 3.05) is 0 Å². The van der Waals surface area contributed by atoms with E-state index in [0.29, 0.717) is 0 Å². The van der Waals surface area contributed by atoms with Gasteiger partial charge in [0.2, 0.25) is 0 Å². The first-order chi connectivity index (χ1) is 8.91. The average molecular weight is 266 g/mol. The molecule has 0 aliphatic rings. The molecule has 0 heterocycles. The SMILES string of the molecule is Cc1cc(F)c(-c2cccc(F)c2C(=O)O)cc1F. The summed E-state index contributed by atoms with van der Waals surface area (Å²) in [5.41, 5.74) is -1.05. The number of halogens is 3. The van der Waals surface area contributed by atoms with Crippen LogP contribution in [0.25, 0.3) is 11.1 Å². The maximum Gasteiger partial charge on any atom is 0.339 e. The molecule has 0 aromatic heterocycles. The van der Waals surface area contributed by atoms with Gasteiger partial charge in [0.25, 0.3) is 0 Å². The van der Waals surface area contributed by atoms with E-state index in [9.17, 15) is 18.0 Å². The fourth-order valence-electron chi connectivity index (χ4n) is 1.82. The third-order valence-electron chi connectivity index (χ3n) is 2.77. The molecule has 2 aromatic rings. The number of hydrogen-bond donors (Lipinski definition) is 1. The molecule has 5 heteroatoms. The van der Waals surface area contributed by atoms with E-state index in [2.05, 4.69) is 0 Å². The van der Waals surface area contributed by atoms with E-state index in [0.717, 1.165) is 18.2 Å². The minimum absolute atomic E-state index is 0.0922. The van der Waals surface area contributed by atoms with Gasteiger partial charge in [0, 0.05) is 11.1 Å². The first kappa shape index (κ1) is 13.1. The molecule has 0 spiro atoms. The molecule has 2 aromatic carbocycles. The summed E-state index contributed by atoms with van der Waals surface area (Å²) < 4.78 is 40.8. The molecule has 1 N–H and O–H groups in total. The van der Waals surface area contributed by atoms with Crippen molar-refractivity contribution in [3.8, 4) is 11.1 Å². The number of aryl methyl sites for hydroxylation is 1. The predicted molar refractivity (Wildman–Crippen MR) is 63.4 cm³/mol. The van der Waals surface area contributed by atoms with Gasteiger partial charge in [-0.1, -0.05) is 12.1 Å². The van der Waals surface area contributed by atoms with Crippen LogP contribution in [0.4, 0.5) is 13.2 Å². The van der Waals surface area contributed by atoms with Crippen LogP contribution in [0.2, 0.25) is 0 Å². The van der Waals surface area contributed by atoms with Gasteiger partial charge in [-0.2, -0.15) is 0 Å². The standard InChI is InChI=1S/C14H9F3O2/c1-7-5-12(17)9(6-11(7)16)8-3-2-4-10(15)13(8)14(18)19/h2-6H,1H3,(H,18,19). The number of benzene rings is 2. The lowest BCUT2D eigenvalue weighted by Gasteiger charge is -2.09. The Kier molecular flexibility index (Phi) is 3.29. The van der Waals surface area contributed by atoms with Gasteiger partial charge in [-0.25, -0.2) is 18.0 Å². The van der Waals surface area contributed by atoms with Crippen LogP contribution in [0.1, 0.15) is 15.9 Å². The zero-order chi connectivity index (χ0) is 14.2. The fourth-order valence-corrected chi connectivity index (χ4v) is 1.82. The Balaban J connectivity index is 2.76. The highest BCUT2D eigenvalue weighted by Crippen LogP contribution is 2.29. The second kappa shape index (κ2) is 4.76. The Bertz CT molecular complexity index is 666. The van der Waals surface area contributed by atoms with Gasteiger partial charge in [-0.05, 0) is 30.7 Å². The minimum atomic E-state index is -1.53. The summed E-state index contributed by atoms with van der Waals surface area (Å²) in [5, 5.41) is 8.97. The first-order valence-electron chi connectivity index (χ1n) is 5.39. The quantitative estimate of drug-likeness (QED) is 0.898. The Hall–Kier alpha value is -2.30. The van der Waals surface area contributed by atoms with Gasteiger partial charge >= 0.3 is 5.97 Å². The van der Waals surface area contributed by atoms with Crippen LogP contribution in [0.3, 0.4) is 0 Å². The van der Waals surface area contributed by atoms with Gasteiger partial charge in [0.1, 0.15) is 23.0 Å². The van der Waals surface area contributed by atoms with Crippen LogP contribution in [0.5, 0.6) is 0 Å². The van der Waals surface area contributed by atoms with Crippen molar-refractivity contribution >= 4 is 5.97 Å². The van der Waals surface area contributed by atoms with E-state index >= 15 is 0 Å². The molecule has 2 rings (SSSR count). The maximum absolute atomic E-state index is 13.8. The van der Waals surface area contributed by atoms with Crippen LogP contribution >= 0.6 is 0 Å². The van der Waals surface area contributed by atoms with Gasteiger partial charge < -0.3 is 5.11 Å². The summed E-state index contributed by atoms with van der Waals surface area (Å²) in [6.45, 7) is 1.38. The van der Waals surface area contributed by atoms with E-state index in [1.54, 1.807) is 0 Å². The van der Waals surface area contributed by atoms with Crippen molar-refractivity contribution in [2.45, 2.75) is 6.92 Å². The summed E-state index contributed by atoms with van der Waals surface area (Å²) in [4.78, 5) is 11.0. The summed E-state index contributed by atoms with van der Waals surface area (Å²) in [6, 6.07) is 5.25. The minimum Gasteiger partial charge on any atom is -0.478 e. The van der Waals surface area contributed by atoms with Crippen molar-refractivity contribution < 1.29 is 23.1 Å². The number of carboxylic acids is 1. The molecule has 0 bridgehead atoms. The second-order valence-corrected chi connectivity index (χ2v) is 4.05. The zero-order valence-corrected chi connectivity index (χ0v) is 9.88. The zero-order valence-electron chi connectivity index (χ0n) is 9.88. The number of carboxylic acid groups (broad SMARTS) is 1. The topological polar surface area (TPSA) is 37.3 Å². The number of aromatic carboxylic acids is 1. The highest BCUT2D eigenvalue weighted by atomic mass is 19.1. The average Bonchev–Trinajstić information content (AvgIpc) is 2.33. The molecule has 0 atom stereocenters. The van der Waals surface area contributed by atoms with Crippen LogP contribution in [-0.4, -0.2) is 11.1 Å². The van der Waals surface area contributed by atoms with Crippen molar-refractivity contribution in [1.82, 2.24) is 0 Å². The van der Waals surface area contributed by atoms with E-state index in [4.69, 9.17) is 5.11 Å². The highest BCUT2D eigenvalue weighted by Gasteiger charge is 2.20. The van der Waals surface area contributed by atoms with Crippen LogP contribution in [0.15, 0.2) is 30.3 Å². The van der Waals surface area contributed by atoms with Gasteiger partial charge in [-0.3, -0.25) is 0 Å². The first-order valence-corrected chi connectivity index (χ1v) is 5.39. The Labute approximate surface area is 107 Å². The lowest BCUT2D eigenvalue weighted by atomic mass is 9.97. The summed E-state index contributed by atoms with van der Waals surface area (Å²) >= 11 is 0. The third-order valence-corrected chi connectivity index (χ3v) is 2.77. The van der Waals surface area contributed by atoms with E-state index in [-0.39, 0.29) is 16.7 Å². The third kappa shape index (κ3) is 2.31. The molecule has 98 valence electrons. The van der Waals surface area contributed by atoms with Crippen LogP contribution < -0.4 is 0 Å². The number of carbonyl (C=O) groups is 1. The monoisotopic (exact) mass is 266 g/mol. The molecular formula is C14H9F3O2. The normalized spacial score (nSPS) is 10.5. The largest absolute Gasteiger partial charge is 0.478 e. The van der Waals surface area contributed by atoms with Crippen molar-refractivity contribution in [2.24, 2.45) is 0 Å². The second-order valence-electron chi connectivity index (χ2n) is 4.05. The molecule has 0 radical (unpaired) electrons. The Morgan fingerprint density at radius 3 is 2.32 bits per heavy atom. The number of rotatable bonds is 2. The molecule has 0 saturated carbocycles. The molecule has 0 aliphatic heterocycles. The fraction of sp³-hybridized carbons (Fsp3) is 0.0714. The Morgan fingerprint density at radius 1 is 1.00 bits per heavy atom. The molecule has 0 amide bonds. The lowest BCUT2D eigenvalue weighted by Crippen LogP contribution is -2.04. The molecule has 0 aliphatic carbocycles. The van der Waals surface area contributed by atoms with Crippen molar-refractivity contribution in [3.05, 3.63) is 58.9 Å². The van der Waals surface area contributed by atoms with Crippen molar-refractivity contribution in [1.29, 1.82) is 0 Å². The van der Waals surface area contributed by atoms with Gasteiger partial charge in [0.05, 0.1) is 0 Å². The molecule has 0 saturated heterocycles. The van der Waals surface area contributed by atoms with E-state index in [1.165, 1.54) is 19.1 Å². The van der Waals surface area contributed by atoms with Crippen molar-refractivity contribution in [3.63, 3.8) is 0 Å². The molecule has 0 fully saturated rings. The summed E-state index contributed by atoms with van der Waals surface area (Å²) in [7, 11) is 0. The lowest BCUT2D eigenvalue weighted by molar-refractivity contribution is 0.0693. The van der Waals surface area contributed by atoms with Crippen LogP contribution in [-0.2, 0) is 0 Å². The highest BCUT2D eigenvalue weighted by molar-refractivity contribution is 5.96. The smallest absolute Gasteiger partial charge is 0.339 e. The molecule has 2 nitrogen and oxygen atoms in total. The Morgan fingerprint density at radius 2 is 1.68 bits per heavy atom. The molecule has 0 unspecified atom stereocenters. The number of hydrogen-bond acceptors (Lipinski definition) is 1. The summed E-state index contributed by atoms with van der Waals surface area (Å²) in [5.74, 6) is -4.01. The van der Waals surface area contributed by atoms with Gasteiger partial charge in [-0.15, -0.1) is 0 Å². The van der Waals surface area contributed by atoms with E-state index in [1.807, 2.05) is 0 Å². The van der Waals surface area contributed by atoms with Gasteiger partial charge in [0.15, 0.2) is 0 Å².